The summed E-state index contributed by atoms with van der Waals surface area (Å²) in [6.07, 6.45) is 7.78. The number of phenolic OH excluding ortho intramolecular Hbond substituents is 1. The van der Waals surface area contributed by atoms with Gasteiger partial charge in [0.1, 0.15) is 6.10 Å². The van der Waals surface area contributed by atoms with Crippen molar-refractivity contribution in [2.45, 2.75) is 70.8 Å². The Hall–Kier alpha value is -0.820. The predicted molar refractivity (Wildman–Crippen MR) is 105 cm³/mol. The molecule has 0 amide bonds. The van der Waals surface area contributed by atoms with E-state index < -0.39 is 6.10 Å². The van der Waals surface area contributed by atoms with Crippen LogP contribution in [0.2, 0.25) is 0 Å². The van der Waals surface area contributed by atoms with Crippen LogP contribution in [0, 0.1) is 3.57 Å². The highest BCUT2D eigenvalue weighted by molar-refractivity contribution is 14.1. The fourth-order valence-electron chi connectivity index (χ4n) is 2.65. The van der Waals surface area contributed by atoms with E-state index >= 15 is 0 Å². The summed E-state index contributed by atoms with van der Waals surface area (Å²) in [6, 6.07) is 3.27. The Kier molecular flexibility index (Phi) is 10.3. The second-order valence-electron chi connectivity index (χ2n) is 6.17. The summed E-state index contributed by atoms with van der Waals surface area (Å²) in [5.41, 5.74) is 0.811. The van der Waals surface area contributed by atoms with Crippen molar-refractivity contribution in [2.24, 2.45) is 0 Å². The molecular formula is C19H29IO4. The van der Waals surface area contributed by atoms with Gasteiger partial charge in [-0.2, -0.15) is 0 Å². The van der Waals surface area contributed by atoms with E-state index in [-0.39, 0.29) is 18.0 Å². The first kappa shape index (κ1) is 21.2. The largest absolute Gasteiger partial charge is 0.504 e. The van der Waals surface area contributed by atoms with Gasteiger partial charge in [0, 0.05) is 16.4 Å². The van der Waals surface area contributed by atoms with E-state index in [0.717, 1.165) is 28.4 Å². The van der Waals surface area contributed by atoms with Crippen molar-refractivity contribution in [3.05, 3.63) is 21.3 Å². The smallest absolute Gasteiger partial charge is 0.161 e. The van der Waals surface area contributed by atoms with Crippen LogP contribution in [0.5, 0.6) is 11.5 Å². The van der Waals surface area contributed by atoms with Gasteiger partial charge in [0.15, 0.2) is 17.3 Å². The van der Waals surface area contributed by atoms with E-state index in [0.29, 0.717) is 12.2 Å². The van der Waals surface area contributed by atoms with Crippen LogP contribution in [0.1, 0.15) is 63.9 Å². The lowest BCUT2D eigenvalue weighted by Gasteiger charge is -2.13. The zero-order chi connectivity index (χ0) is 17.9. The molecule has 0 heterocycles. The van der Waals surface area contributed by atoms with Gasteiger partial charge in [-0.1, -0.05) is 45.4 Å². The van der Waals surface area contributed by atoms with Crippen molar-refractivity contribution in [3.8, 4) is 11.5 Å². The van der Waals surface area contributed by atoms with Crippen molar-refractivity contribution in [1.82, 2.24) is 0 Å². The number of aromatic hydroxyl groups is 1. The van der Waals surface area contributed by atoms with Crippen LogP contribution < -0.4 is 4.74 Å². The number of carbonyl (C=O) groups is 1. The number of unbranched alkanes of at least 4 members (excludes halogenated alkanes) is 6. The SMILES string of the molecule is CCCCCCCCCC(=O)C(O)Cc1cc(OC)c(O)cc1I. The van der Waals surface area contributed by atoms with Crippen LogP contribution in [0.15, 0.2) is 12.1 Å². The number of ether oxygens (including phenoxy) is 1. The van der Waals surface area contributed by atoms with Gasteiger partial charge in [-0.05, 0) is 46.7 Å². The van der Waals surface area contributed by atoms with E-state index in [9.17, 15) is 15.0 Å². The Morgan fingerprint density at radius 1 is 1.17 bits per heavy atom. The molecule has 0 aromatic heterocycles. The van der Waals surface area contributed by atoms with E-state index in [1.807, 2.05) is 0 Å². The number of ketones is 1. The second kappa shape index (κ2) is 11.7. The molecule has 24 heavy (non-hydrogen) atoms. The lowest BCUT2D eigenvalue weighted by Crippen LogP contribution is -2.23. The first-order valence-electron chi connectivity index (χ1n) is 8.75. The highest BCUT2D eigenvalue weighted by Crippen LogP contribution is 2.31. The molecule has 4 nitrogen and oxygen atoms in total. The number of aliphatic hydroxyl groups is 1. The summed E-state index contributed by atoms with van der Waals surface area (Å²) in [6.45, 7) is 2.20. The minimum absolute atomic E-state index is 0.0644. The van der Waals surface area contributed by atoms with E-state index in [2.05, 4.69) is 29.5 Å². The van der Waals surface area contributed by atoms with Crippen LogP contribution in [0.4, 0.5) is 0 Å². The lowest BCUT2D eigenvalue weighted by molar-refractivity contribution is -0.127. The molecule has 0 saturated heterocycles. The highest BCUT2D eigenvalue weighted by Gasteiger charge is 2.18. The number of hydrogen-bond acceptors (Lipinski definition) is 4. The summed E-state index contributed by atoms with van der Waals surface area (Å²) in [5.74, 6) is 0.318. The summed E-state index contributed by atoms with van der Waals surface area (Å²) in [7, 11) is 1.48. The quantitative estimate of drug-likeness (QED) is 0.362. The van der Waals surface area contributed by atoms with Gasteiger partial charge in [0.25, 0.3) is 0 Å². The number of benzene rings is 1. The van der Waals surface area contributed by atoms with E-state index in [1.54, 1.807) is 12.1 Å². The molecule has 1 atom stereocenters. The molecule has 0 spiro atoms. The van der Waals surface area contributed by atoms with Crippen LogP contribution in [0.3, 0.4) is 0 Å². The van der Waals surface area contributed by atoms with Gasteiger partial charge in [-0.15, -0.1) is 0 Å². The first-order chi connectivity index (χ1) is 11.5. The second-order valence-corrected chi connectivity index (χ2v) is 7.34. The topological polar surface area (TPSA) is 66.8 Å². The molecule has 0 aliphatic heterocycles. The number of Topliss-reactive ketones (excluding diaryl/α,β-unsaturated/α-hetero) is 1. The zero-order valence-electron chi connectivity index (χ0n) is 14.7. The average Bonchev–Trinajstić information content (AvgIpc) is 2.56. The minimum Gasteiger partial charge on any atom is -0.504 e. The molecule has 2 N–H and O–H groups in total. The molecule has 0 aliphatic rings. The summed E-state index contributed by atoms with van der Waals surface area (Å²) in [5, 5.41) is 19.9. The Morgan fingerprint density at radius 3 is 2.42 bits per heavy atom. The third-order valence-corrected chi connectivity index (χ3v) is 5.16. The van der Waals surface area contributed by atoms with Crippen LogP contribution in [-0.2, 0) is 11.2 Å². The van der Waals surface area contributed by atoms with Gasteiger partial charge in [-0.3, -0.25) is 4.79 Å². The molecule has 136 valence electrons. The van der Waals surface area contributed by atoms with E-state index in [4.69, 9.17) is 4.74 Å². The Morgan fingerprint density at radius 2 is 1.79 bits per heavy atom. The maximum atomic E-state index is 12.1. The lowest BCUT2D eigenvalue weighted by atomic mass is 10.00. The number of carbonyl (C=O) groups excluding carboxylic acids is 1. The molecule has 0 aliphatic carbocycles. The summed E-state index contributed by atoms with van der Waals surface area (Å²) >= 11 is 2.09. The average molecular weight is 448 g/mol. The molecule has 0 saturated carbocycles. The zero-order valence-corrected chi connectivity index (χ0v) is 16.8. The number of hydrogen-bond donors (Lipinski definition) is 2. The number of rotatable bonds is 12. The number of aliphatic hydroxyl groups excluding tert-OH is 1. The fourth-order valence-corrected chi connectivity index (χ4v) is 3.32. The molecule has 1 unspecified atom stereocenters. The van der Waals surface area contributed by atoms with Crippen LogP contribution >= 0.6 is 22.6 Å². The van der Waals surface area contributed by atoms with Gasteiger partial charge < -0.3 is 14.9 Å². The molecule has 1 aromatic rings. The molecule has 0 radical (unpaired) electrons. The minimum atomic E-state index is -0.993. The van der Waals surface area contributed by atoms with E-state index in [1.165, 1.54) is 32.8 Å². The molecule has 1 aromatic carbocycles. The normalized spacial score (nSPS) is 12.2. The Balaban J connectivity index is 2.39. The molecule has 0 fully saturated rings. The molecular weight excluding hydrogens is 419 g/mol. The van der Waals surface area contributed by atoms with Gasteiger partial charge in [0.05, 0.1) is 7.11 Å². The van der Waals surface area contributed by atoms with Crippen molar-refractivity contribution >= 4 is 28.4 Å². The third-order valence-electron chi connectivity index (χ3n) is 4.16. The number of phenols is 1. The first-order valence-corrected chi connectivity index (χ1v) is 9.83. The van der Waals surface area contributed by atoms with Crippen molar-refractivity contribution in [2.75, 3.05) is 7.11 Å². The van der Waals surface area contributed by atoms with Gasteiger partial charge >= 0.3 is 0 Å². The maximum absolute atomic E-state index is 12.1. The monoisotopic (exact) mass is 448 g/mol. The van der Waals surface area contributed by atoms with Gasteiger partial charge in [-0.25, -0.2) is 0 Å². The highest BCUT2D eigenvalue weighted by atomic mass is 127. The van der Waals surface area contributed by atoms with Crippen molar-refractivity contribution in [1.29, 1.82) is 0 Å². The summed E-state index contributed by atoms with van der Waals surface area (Å²) in [4.78, 5) is 12.1. The molecule has 5 heteroatoms. The number of methoxy groups -OCH3 is 1. The van der Waals surface area contributed by atoms with Crippen LogP contribution in [0.25, 0.3) is 0 Å². The fraction of sp³-hybridized carbons (Fsp3) is 0.632. The summed E-state index contributed by atoms with van der Waals surface area (Å²) < 4.78 is 5.90. The standard InChI is InChI=1S/C19H29IO4/c1-3-4-5-6-7-8-9-10-16(21)17(22)11-14-12-19(24-2)18(23)13-15(14)20/h12-13,17,22-23H,3-11H2,1-2H3. The predicted octanol–water partition coefficient (Wildman–Crippen LogP) is 4.62. The number of halogens is 1. The van der Waals surface area contributed by atoms with Gasteiger partial charge in [0.2, 0.25) is 0 Å². The van der Waals surface area contributed by atoms with Crippen LogP contribution in [-0.4, -0.2) is 29.2 Å². The Labute approximate surface area is 158 Å². The van der Waals surface area contributed by atoms with Crippen molar-refractivity contribution in [3.63, 3.8) is 0 Å². The Bertz CT molecular complexity index is 516. The van der Waals surface area contributed by atoms with Crippen molar-refractivity contribution < 1.29 is 19.7 Å². The molecule has 0 bridgehead atoms. The third kappa shape index (κ3) is 7.38. The molecule has 1 rings (SSSR count). The maximum Gasteiger partial charge on any atom is 0.161 e.